The van der Waals surface area contributed by atoms with E-state index in [4.69, 9.17) is 4.42 Å². The van der Waals surface area contributed by atoms with Crippen LogP contribution in [0.15, 0.2) is 28.7 Å². The average molecular weight is 370 g/mol. The van der Waals surface area contributed by atoms with Gasteiger partial charge in [0.2, 0.25) is 11.8 Å². The van der Waals surface area contributed by atoms with E-state index in [1.807, 2.05) is 19.1 Å². The quantitative estimate of drug-likeness (QED) is 0.808. The van der Waals surface area contributed by atoms with Crippen LogP contribution in [0.4, 0.5) is 0 Å². The molecule has 1 N–H and O–H groups in total. The van der Waals surface area contributed by atoms with Gasteiger partial charge in [0.15, 0.2) is 0 Å². The number of carbonyl (C=O) groups excluding carboxylic acids is 1. The minimum atomic E-state index is -0.0167. The Balaban J connectivity index is 1.60. The monoisotopic (exact) mass is 369 g/mol. The van der Waals surface area contributed by atoms with Crippen LogP contribution < -0.4 is 5.32 Å². The maximum Gasteiger partial charge on any atom is 0.226 e. The third kappa shape index (κ3) is 4.78. The largest absolute Gasteiger partial charge is 0.441 e. The van der Waals surface area contributed by atoms with E-state index < -0.39 is 0 Å². The highest BCUT2D eigenvalue weighted by Gasteiger charge is 2.29. The number of amides is 1. The number of carbonyl (C=O) groups is 1. The van der Waals surface area contributed by atoms with Crippen LogP contribution in [0.25, 0.3) is 11.5 Å². The van der Waals surface area contributed by atoms with Crippen LogP contribution in [0.3, 0.4) is 0 Å². The molecule has 1 fully saturated rings. The molecule has 1 aromatic heterocycles. The predicted octanol–water partition coefficient (Wildman–Crippen LogP) is 3.75. The summed E-state index contributed by atoms with van der Waals surface area (Å²) in [6.07, 6.45) is 3.75. The van der Waals surface area contributed by atoms with Crippen molar-refractivity contribution >= 4 is 5.91 Å². The van der Waals surface area contributed by atoms with E-state index in [2.05, 4.69) is 48.1 Å². The van der Waals surface area contributed by atoms with Gasteiger partial charge in [-0.2, -0.15) is 0 Å². The van der Waals surface area contributed by atoms with Gasteiger partial charge in [0.1, 0.15) is 5.76 Å². The lowest BCUT2D eigenvalue weighted by Crippen LogP contribution is -2.50. The zero-order chi connectivity index (χ0) is 19.4. The molecule has 0 unspecified atom stereocenters. The van der Waals surface area contributed by atoms with Gasteiger partial charge < -0.3 is 9.73 Å². The molecule has 0 aliphatic carbocycles. The molecular formula is C22H31N3O2. The maximum absolute atomic E-state index is 12.4. The molecule has 0 spiro atoms. The van der Waals surface area contributed by atoms with Crippen molar-refractivity contribution in [3.8, 4) is 11.5 Å². The zero-order valence-electron chi connectivity index (χ0n) is 17.0. The lowest BCUT2D eigenvalue weighted by Gasteiger charge is -2.35. The number of likely N-dealkylation sites (tertiary alicyclic amines) is 1. The van der Waals surface area contributed by atoms with Crippen LogP contribution >= 0.6 is 0 Å². The second-order valence-corrected chi connectivity index (χ2v) is 8.03. The topological polar surface area (TPSA) is 58.4 Å². The molecule has 0 radical (unpaired) electrons. The fraction of sp³-hybridized carbons (Fsp3) is 0.545. The molecule has 1 aliphatic heterocycles. The highest BCUT2D eigenvalue weighted by molar-refractivity contribution is 5.78. The third-order valence-electron chi connectivity index (χ3n) is 5.51. The molecule has 2 aromatic rings. The molecule has 3 rings (SSSR count). The fourth-order valence-electron chi connectivity index (χ4n) is 3.56. The van der Waals surface area contributed by atoms with Crippen LogP contribution in [0.1, 0.15) is 50.6 Å². The SMILES string of the molecule is CCc1ccc(-c2nc(CC(=O)NCC(C)(C)N3CCCC3)c(C)o2)cc1. The number of nitrogens with zero attached hydrogens (tertiary/aromatic N) is 2. The molecule has 1 saturated heterocycles. The van der Waals surface area contributed by atoms with Crippen LogP contribution in [-0.4, -0.2) is 41.0 Å². The van der Waals surface area contributed by atoms with E-state index in [0.29, 0.717) is 23.9 Å². The van der Waals surface area contributed by atoms with Crippen molar-refractivity contribution in [2.45, 2.75) is 58.9 Å². The lowest BCUT2D eigenvalue weighted by molar-refractivity contribution is -0.121. The van der Waals surface area contributed by atoms with E-state index in [-0.39, 0.29) is 17.9 Å². The Hall–Kier alpha value is -2.14. The molecule has 27 heavy (non-hydrogen) atoms. The van der Waals surface area contributed by atoms with Gasteiger partial charge in [-0.05, 0) is 70.8 Å². The van der Waals surface area contributed by atoms with Gasteiger partial charge in [0.25, 0.3) is 0 Å². The van der Waals surface area contributed by atoms with Gasteiger partial charge in [-0.3, -0.25) is 9.69 Å². The van der Waals surface area contributed by atoms with Gasteiger partial charge in [0, 0.05) is 17.6 Å². The van der Waals surface area contributed by atoms with Crippen LogP contribution in [0.5, 0.6) is 0 Å². The number of benzene rings is 1. The Morgan fingerprint density at radius 1 is 1.22 bits per heavy atom. The lowest BCUT2D eigenvalue weighted by atomic mass is 10.0. The van der Waals surface area contributed by atoms with Crippen molar-refractivity contribution in [1.29, 1.82) is 0 Å². The van der Waals surface area contributed by atoms with Crippen LogP contribution in [0.2, 0.25) is 0 Å². The molecule has 0 bridgehead atoms. The number of hydrogen-bond donors (Lipinski definition) is 1. The predicted molar refractivity (Wildman–Crippen MR) is 108 cm³/mol. The number of oxazole rings is 1. The summed E-state index contributed by atoms with van der Waals surface area (Å²) in [6, 6.07) is 8.21. The Labute approximate surface area is 162 Å². The van der Waals surface area contributed by atoms with Gasteiger partial charge in [-0.15, -0.1) is 0 Å². The summed E-state index contributed by atoms with van der Waals surface area (Å²) in [7, 11) is 0. The molecule has 2 heterocycles. The van der Waals surface area contributed by atoms with Gasteiger partial charge >= 0.3 is 0 Å². The van der Waals surface area contributed by atoms with Crippen molar-refractivity contribution in [3.63, 3.8) is 0 Å². The van der Waals surface area contributed by atoms with Gasteiger partial charge in [0.05, 0.1) is 12.1 Å². The first-order valence-electron chi connectivity index (χ1n) is 9.96. The van der Waals surface area contributed by atoms with Crippen LogP contribution in [0, 0.1) is 6.92 Å². The van der Waals surface area contributed by atoms with E-state index in [1.165, 1.54) is 18.4 Å². The summed E-state index contributed by atoms with van der Waals surface area (Å²) in [4.78, 5) is 19.5. The molecule has 1 aliphatic rings. The fourth-order valence-corrected chi connectivity index (χ4v) is 3.56. The van der Waals surface area contributed by atoms with E-state index in [0.717, 1.165) is 25.1 Å². The Morgan fingerprint density at radius 3 is 2.52 bits per heavy atom. The summed E-state index contributed by atoms with van der Waals surface area (Å²) >= 11 is 0. The minimum Gasteiger partial charge on any atom is -0.441 e. The van der Waals surface area contributed by atoms with E-state index in [1.54, 1.807) is 0 Å². The number of hydrogen-bond acceptors (Lipinski definition) is 4. The molecule has 5 nitrogen and oxygen atoms in total. The van der Waals surface area contributed by atoms with Crippen LogP contribution in [-0.2, 0) is 17.6 Å². The summed E-state index contributed by atoms with van der Waals surface area (Å²) < 4.78 is 5.80. The first-order chi connectivity index (χ1) is 12.9. The number of rotatable bonds is 7. The smallest absolute Gasteiger partial charge is 0.226 e. The van der Waals surface area contributed by atoms with Gasteiger partial charge in [-0.25, -0.2) is 4.98 Å². The average Bonchev–Trinajstić information content (AvgIpc) is 3.31. The highest BCUT2D eigenvalue weighted by atomic mass is 16.4. The summed E-state index contributed by atoms with van der Waals surface area (Å²) in [6.45, 7) is 11.3. The molecular weight excluding hydrogens is 338 g/mol. The minimum absolute atomic E-state index is 0.00782. The first-order valence-corrected chi connectivity index (χ1v) is 9.96. The Morgan fingerprint density at radius 2 is 1.89 bits per heavy atom. The number of aryl methyl sites for hydroxylation is 2. The second kappa shape index (κ2) is 8.26. The summed E-state index contributed by atoms with van der Waals surface area (Å²) in [5, 5.41) is 3.08. The summed E-state index contributed by atoms with van der Waals surface area (Å²) in [5.41, 5.74) is 2.91. The summed E-state index contributed by atoms with van der Waals surface area (Å²) in [5.74, 6) is 1.28. The molecule has 1 aromatic carbocycles. The standard InChI is InChI=1S/C22H31N3O2/c1-5-17-8-10-18(11-9-17)21-24-19(16(2)27-21)14-20(26)23-15-22(3,4)25-12-6-7-13-25/h8-11H,5-7,12-15H2,1-4H3,(H,23,26). The molecule has 1 amide bonds. The normalized spacial score (nSPS) is 15.3. The van der Waals surface area contributed by atoms with Crippen molar-refractivity contribution in [2.24, 2.45) is 0 Å². The first kappa shape index (κ1) is 19.6. The van der Waals surface area contributed by atoms with E-state index in [9.17, 15) is 4.79 Å². The van der Waals surface area contributed by atoms with Crippen molar-refractivity contribution in [3.05, 3.63) is 41.3 Å². The molecule has 0 atom stereocenters. The second-order valence-electron chi connectivity index (χ2n) is 8.03. The van der Waals surface area contributed by atoms with Crippen molar-refractivity contribution in [1.82, 2.24) is 15.2 Å². The van der Waals surface area contributed by atoms with Crippen molar-refractivity contribution in [2.75, 3.05) is 19.6 Å². The molecule has 146 valence electrons. The number of nitrogens with one attached hydrogen (secondary N) is 1. The zero-order valence-corrected chi connectivity index (χ0v) is 17.0. The molecule has 0 saturated carbocycles. The Kier molecular flexibility index (Phi) is 6.00. The van der Waals surface area contributed by atoms with Crippen molar-refractivity contribution < 1.29 is 9.21 Å². The van der Waals surface area contributed by atoms with E-state index >= 15 is 0 Å². The molecule has 5 heteroatoms. The highest BCUT2D eigenvalue weighted by Crippen LogP contribution is 2.23. The maximum atomic E-state index is 12.4. The number of aromatic nitrogens is 1. The van der Waals surface area contributed by atoms with Gasteiger partial charge in [-0.1, -0.05) is 19.1 Å². The Bertz CT molecular complexity index is 771. The third-order valence-corrected chi connectivity index (χ3v) is 5.51.